The van der Waals surface area contributed by atoms with Gasteiger partial charge in [0.2, 0.25) is 5.71 Å². The molecule has 0 aromatic carbocycles. The van der Waals surface area contributed by atoms with Crippen LogP contribution in [0.3, 0.4) is 0 Å². The van der Waals surface area contributed by atoms with Crippen molar-refractivity contribution in [1.29, 1.82) is 0 Å². The molecule has 0 radical (unpaired) electrons. The van der Waals surface area contributed by atoms with E-state index in [-0.39, 0.29) is 43.2 Å². The van der Waals surface area contributed by atoms with Crippen LogP contribution in [0.1, 0.15) is 52.0 Å². The van der Waals surface area contributed by atoms with Crippen LogP contribution in [0.4, 0.5) is 0 Å². The summed E-state index contributed by atoms with van der Waals surface area (Å²) in [6, 6.07) is 0.968. The van der Waals surface area contributed by atoms with Gasteiger partial charge in [-0.2, -0.15) is 4.98 Å². The largest absolute Gasteiger partial charge is 0.464 e. The number of nitrogens with one attached hydrogen (secondary N) is 1. The van der Waals surface area contributed by atoms with Crippen molar-refractivity contribution in [2.24, 2.45) is 5.16 Å². The maximum absolute atomic E-state index is 12.6. The van der Waals surface area contributed by atoms with Gasteiger partial charge in [0.1, 0.15) is 5.39 Å². The maximum Gasteiger partial charge on any atom is 0.337 e. The Hall–Kier alpha value is -3.54. The van der Waals surface area contributed by atoms with Gasteiger partial charge in [-0.3, -0.25) is 9.78 Å². The molecule has 1 aliphatic rings. The summed E-state index contributed by atoms with van der Waals surface area (Å²) < 4.78 is 20.6. The number of nitrogens with zero attached hydrogens (tertiary/aromatic N) is 2. The number of aryl methyl sites for hydroxylation is 1. The molecule has 184 valence electrons. The Kier molecular flexibility index (Phi) is 8.52. The van der Waals surface area contributed by atoms with Gasteiger partial charge < -0.3 is 23.5 Å². The number of hydrogen-bond acceptors (Lipinski definition) is 11. The van der Waals surface area contributed by atoms with E-state index in [0.717, 1.165) is 12.8 Å². The molecule has 12 heteroatoms. The molecule has 0 saturated carbocycles. The standard InChI is InChI=1S/C22H27N3O9/c1-4-7-8-12-9-16(26)33-19-17(12)18(27)23-22(24-19)34-25-13-10-14(20(28)30-5-2)32-15(11-13)21(29)31-6-3/h9,14-15H,4-8,10-11H2,1-3H3,(H,23,24,27)/t14-,15?/m1/s1. The van der Waals surface area contributed by atoms with E-state index in [9.17, 15) is 19.2 Å². The lowest BCUT2D eigenvalue weighted by atomic mass is 10.0. The molecule has 12 nitrogen and oxygen atoms in total. The van der Waals surface area contributed by atoms with Crippen LogP contribution in [-0.2, 0) is 30.2 Å². The lowest BCUT2D eigenvalue weighted by Crippen LogP contribution is -2.43. The van der Waals surface area contributed by atoms with Crippen molar-refractivity contribution in [2.45, 2.75) is 65.1 Å². The third kappa shape index (κ3) is 6.07. The summed E-state index contributed by atoms with van der Waals surface area (Å²) in [6.07, 6.45) is 0.0492. The van der Waals surface area contributed by atoms with E-state index < -0.39 is 35.3 Å². The minimum absolute atomic E-state index is 0.00278. The van der Waals surface area contributed by atoms with E-state index in [0.29, 0.717) is 17.7 Å². The van der Waals surface area contributed by atoms with Gasteiger partial charge in [0.05, 0.1) is 18.9 Å². The van der Waals surface area contributed by atoms with Crippen molar-refractivity contribution in [1.82, 2.24) is 9.97 Å². The SMILES string of the molecule is CCCCc1cc(=O)oc2nc(ON=C3CC(C(=O)OCC)O[C@@H](C(=O)OCC)C3)[nH]c(=O)c12. The summed E-state index contributed by atoms with van der Waals surface area (Å²) in [5.74, 6) is -1.30. The second-order valence-electron chi connectivity index (χ2n) is 7.52. The zero-order chi connectivity index (χ0) is 24.7. The first-order valence-corrected chi connectivity index (χ1v) is 11.1. The molecule has 3 rings (SSSR count). The minimum atomic E-state index is -1.08. The van der Waals surface area contributed by atoms with Gasteiger partial charge in [-0.05, 0) is 32.3 Å². The van der Waals surface area contributed by atoms with Gasteiger partial charge in [-0.1, -0.05) is 18.5 Å². The highest BCUT2D eigenvalue weighted by molar-refractivity contribution is 5.94. The molecule has 0 amide bonds. The van der Waals surface area contributed by atoms with E-state index in [1.807, 2.05) is 6.92 Å². The van der Waals surface area contributed by atoms with Crippen molar-refractivity contribution in [3.63, 3.8) is 0 Å². The number of carbonyl (C=O) groups is 2. The molecule has 2 atom stereocenters. The Morgan fingerprint density at radius 2 is 1.76 bits per heavy atom. The van der Waals surface area contributed by atoms with E-state index in [1.54, 1.807) is 13.8 Å². The Balaban J connectivity index is 1.87. The number of rotatable bonds is 9. The van der Waals surface area contributed by atoms with Gasteiger partial charge in [0, 0.05) is 18.9 Å². The van der Waals surface area contributed by atoms with Crippen LogP contribution in [0.5, 0.6) is 6.01 Å². The molecule has 2 aromatic heterocycles. The molecule has 34 heavy (non-hydrogen) atoms. The van der Waals surface area contributed by atoms with Gasteiger partial charge in [-0.25, -0.2) is 14.4 Å². The van der Waals surface area contributed by atoms with Crippen LogP contribution < -0.4 is 16.0 Å². The van der Waals surface area contributed by atoms with E-state index >= 15 is 0 Å². The first-order valence-electron chi connectivity index (χ1n) is 11.1. The summed E-state index contributed by atoms with van der Waals surface area (Å²) >= 11 is 0. The topological polar surface area (TPSA) is 159 Å². The highest BCUT2D eigenvalue weighted by atomic mass is 16.6. The molecule has 0 aliphatic carbocycles. The summed E-state index contributed by atoms with van der Waals surface area (Å²) in [6.45, 7) is 5.57. The van der Waals surface area contributed by atoms with Gasteiger partial charge in [0.15, 0.2) is 12.2 Å². The summed E-state index contributed by atoms with van der Waals surface area (Å²) in [7, 11) is 0. The molecular weight excluding hydrogens is 450 g/mol. The van der Waals surface area contributed by atoms with Crippen LogP contribution in [0.25, 0.3) is 11.1 Å². The number of oxime groups is 1. The van der Waals surface area contributed by atoms with Crippen LogP contribution >= 0.6 is 0 Å². The van der Waals surface area contributed by atoms with Crippen LogP contribution in [0, 0.1) is 0 Å². The van der Waals surface area contributed by atoms with Crippen LogP contribution in [-0.4, -0.2) is 53.0 Å². The zero-order valence-corrected chi connectivity index (χ0v) is 19.3. The van der Waals surface area contributed by atoms with Crippen molar-refractivity contribution >= 4 is 28.8 Å². The van der Waals surface area contributed by atoms with E-state index in [2.05, 4.69) is 15.1 Å². The average molecular weight is 477 g/mol. The normalized spacial score (nSPS) is 19.2. The van der Waals surface area contributed by atoms with Gasteiger partial charge in [-0.15, -0.1) is 0 Å². The monoisotopic (exact) mass is 477 g/mol. The molecule has 3 heterocycles. The number of esters is 2. The first kappa shape index (κ1) is 25.1. The summed E-state index contributed by atoms with van der Waals surface area (Å²) in [4.78, 5) is 60.7. The smallest absolute Gasteiger partial charge is 0.337 e. The quantitative estimate of drug-likeness (QED) is 0.415. The van der Waals surface area contributed by atoms with Gasteiger partial charge >= 0.3 is 23.6 Å². The van der Waals surface area contributed by atoms with E-state index in [4.69, 9.17) is 23.5 Å². The molecule has 1 saturated heterocycles. The molecule has 1 fully saturated rings. The number of unbranched alkanes of at least 4 members (excludes halogenated alkanes) is 1. The van der Waals surface area contributed by atoms with Crippen molar-refractivity contribution in [3.05, 3.63) is 32.4 Å². The Morgan fingerprint density at radius 3 is 2.35 bits per heavy atom. The fourth-order valence-electron chi connectivity index (χ4n) is 3.47. The average Bonchev–Trinajstić information content (AvgIpc) is 2.80. The Bertz CT molecular complexity index is 1160. The fourth-order valence-corrected chi connectivity index (χ4v) is 3.47. The fraction of sp³-hybridized carbons (Fsp3) is 0.545. The number of hydrogen-bond donors (Lipinski definition) is 1. The molecule has 2 aromatic rings. The first-order chi connectivity index (χ1) is 16.4. The Labute approximate surface area is 194 Å². The third-order valence-electron chi connectivity index (χ3n) is 5.01. The lowest BCUT2D eigenvalue weighted by molar-refractivity contribution is -0.172. The highest BCUT2D eigenvalue weighted by Crippen LogP contribution is 2.21. The lowest BCUT2D eigenvalue weighted by Gasteiger charge is -2.27. The second kappa shape index (κ2) is 11.5. The summed E-state index contributed by atoms with van der Waals surface area (Å²) in [5.41, 5.74) is -0.510. The van der Waals surface area contributed by atoms with Crippen molar-refractivity contribution in [3.8, 4) is 6.01 Å². The Morgan fingerprint density at radius 1 is 1.12 bits per heavy atom. The van der Waals surface area contributed by atoms with Gasteiger partial charge in [0.25, 0.3) is 5.56 Å². The number of H-pyrrole nitrogens is 1. The number of fused-ring (bicyclic) bond motifs is 1. The second-order valence-corrected chi connectivity index (χ2v) is 7.52. The predicted octanol–water partition coefficient (Wildman–Crippen LogP) is 1.63. The number of ether oxygens (including phenoxy) is 3. The molecule has 1 unspecified atom stereocenters. The molecular formula is C22H27N3O9. The highest BCUT2D eigenvalue weighted by Gasteiger charge is 2.37. The predicted molar refractivity (Wildman–Crippen MR) is 119 cm³/mol. The summed E-state index contributed by atoms with van der Waals surface area (Å²) in [5, 5.41) is 4.12. The van der Waals surface area contributed by atoms with Crippen molar-refractivity contribution in [2.75, 3.05) is 13.2 Å². The van der Waals surface area contributed by atoms with Crippen molar-refractivity contribution < 1.29 is 33.1 Å². The molecule has 1 aliphatic heterocycles. The van der Waals surface area contributed by atoms with Crippen LogP contribution in [0.2, 0.25) is 0 Å². The van der Waals surface area contributed by atoms with E-state index in [1.165, 1.54) is 6.07 Å². The number of aromatic nitrogens is 2. The number of aromatic amines is 1. The van der Waals surface area contributed by atoms with Crippen LogP contribution in [0.15, 0.2) is 25.2 Å². The molecule has 0 bridgehead atoms. The third-order valence-corrected chi connectivity index (χ3v) is 5.01. The minimum Gasteiger partial charge on any atom is -0.464 e. The number of carbonyl (C=O) groups excluding carboxylic acids is 2. The zero-order valence-electron chi connectivity index (χ0n) is 19.3. The molecule has 0 spiro atoms. The maximum atomic E-state index is 12.6. The molecule has 1 N–H and O–H groups in total.